The quantitative estimate of drug-likeness (QED) is 0.654. The lowest BCUT2D eigenvalue weighted by Gasteiger charge is -2.12. The highest BCUT2D eigenvalue weighted by atomic mass is 16.4. The van der Waals surface area contributed by atoms with Crippen LogP contribution in [-0.4, -0.2) is 17.1 Å². The lowest BCUT2D eigenvalue weighted by Crippen LogP contribution is -2.25. The van der Waals surface area contributed by atoms with E-state index in [-0.39, 0.29) is 11.9 Å². The third-order valence-electron chi connectivity index (χ3n) is 3.99. The summed E-state index contributed by atoms with van der Waals surface area (Å²) in [6.45, 7) is 0. The first-order valence-electron chi connectivity index (χ1n) is 7.33. The van der Waals surface area contributed by atoms with Crippen molar-refractivity contribution >= 4 is 23.4 Å². The summed E-state index contributed by atoms with van der Waals surface area (Å²) in [5, 5.41) is 14.1. The first-order chi connectivity index (χ1) is 11.0. The minimum atomic E-state index is -1.04. The molecule has 3 rings (SSSR count). The molecule has 23 heavy (non-hydrogen) atoms. The van der Waals surface area contributed by atoms with Crippen molar-refractivity contribution in [2.45, 2.75) is 18.9 Å². The number of aryl methyl sites for hydroxylation is 1. The maximum absolute atomic E-state index is 12.3. The van der Waals surface area contributed by atoms with Gasteiger partial charge >= 0.3 is 6.09 Å². The molecule has 0 saturated heterocycles. The summed E-state index contributed by atoms with van der Waals surface area (Å²) < 4.78 is 0. The summed E-state index contributed by atoms with van der Waals surface area (Å²) in [6, 6.07) is 12.2. The second-order valence-corrected chi connectivity index (χ2v) is 5.50. The van der Waals surface area contributed by atoms with E-state index in [2.05, 4.69) is 10.6 Å². The molecule has 2 amide bonds. The molecule has 5 N–H and O–H groups in total. The SMILES string of the molecule is Nc1ccccc1NC(=O)c1ccc2c(c1)CC[C@@H]2NC(=O)O. The molecular formula is C17H17N3O3. The molecular weight excluding hydrogens is 294 g/mol. The number of para-hydroxylation sites is 2. The van der Waals surface area contributed by atoms with Crippen molar-refractivity contribution < 1.29 is 14.7 Å². The highest BCUT2D eigenvalue weighted by Crippen LogP contribution is 2.32. The Hall–Kier alpha value is -3.02. The molecule has 0 radical (unpaired) electrons. The highest BCUT2D eigenvalue weighted by molar-refractivity contribution is 6.05. The molecule has 6 nitrogen and oxygen atoms in total. The van der Waals surface area contributed by atoms with Crippen molar-refractivity contribution in [2.24, 2.45) is 0 Å². The van der Waals surface area contributed by atoms with Crippen LogP contribution in [0, 0.1) is 0 Å². The van der Waals surface area contributed by atoms with Crippen LogP contribution in [0.1, 0.15) is 33.9 Å². The number of nitrogens with one attached hydrogen (secondary N) is 2. The summed E-state index contributed by atoms with van der Waals surface area (Å²) in [6.07, 6.45) is 0.414. The van der Waals surface area contributed by atoms with E-state index in [0.29, 0.717) is 23.4 Å². The summed E-state index contributed by atoms with van der Waals surface area (Å²) in [5.41, 5.74) is 9.36. The molecule has 0 unspecified atom stereocenters. The number of carbonyl (C=O) groups excluding carboxylic acids is 1. The minimum Gasteiger partial charge on any atom is -0.465 e. The van der Waals surface area contributed by atoms with E-state index in [1.54, 1.807) is 30.3 Å². The number of hydrogen-bond acceptors (Lipinski definition) is 3. The topological polar surface area (TPSA) is 104 Å². The molecule has 0 aliphatic heterocycles. The molecule has 0 bridgehead atoms. The Morgan fingerprint density at radius 3 is 2.70 bits per heavy atom. The van der Waals surface area contributed by atoms with Gasteiger partial charge in [-0.2, -0.15) is 0 Å². The van der Waals surface area contributed by atoms with Gasteiger partial charge in [0.1, 0.15) is 0 Å². The maximum Gasteiger partial charge on any atom is 0.405 e. The van der Waals surface area contributed by atoms with E-state index < -0.39 is 6.09 Å². The number of anilines is 2. The zero-order valence-corrected chi connectivity index (χ0v) is 12.4. The zero-order chi connectivity index (χ0) is 16.4. The average Bonchev–Trinajstić information content (AvgIpc) is 2.91. The second-order valence-electron chi connectivity index (χ2n) is 5.50. The van der Waals surface area contributed by atoms with Gasteiger partial charge in [0.25, 0.3) is 5.91 Å². The van der Waals surface area contributed by atoms with Gasteiger partial charge in [-0.25, -0.2) is 4.79 Å². The first-order valence-corrected chi connectivity index (χ1v) is 7.33. The Morgan fingerprint density at radius 1 is 1.17 bits per heavy atom. The Labute approximate surface area is 133 Å². The number of nitrogens with two attached hydrogens (primary N) is 1. The van der Waals surface area contributed by atoms with E-state index in [0.717, 1.165) is 17.5 Å². The first kappa shape index (κ1) is 14.9. The predicted octanol–water partition coefficient (Wildman–Crippen LogP) is 2.78. The fraction of sp³-hybridized carbons (Fsp3) is 0.176. The molecule has 0 fully saturated rings. The molecule has 1 aliphatic rings. The summed E-state index contributed by atoms with van der Waals surface area (Å²) in [4.78, 5) is 23.1. The van der Waals surface area contributed by atoms with Crippen LogP contribution in [0.15, 0.2) is 42.5 Å². The van der Waals surface area contributed by atoms with Crippen LogP contribution in [0.4, 0.5) is 16.2 Å². The van der Waals surface area contributed by atoms with Gasteiger partial charge in [0.05, 0.1) is 17.4 Å². The van der Waals surface area contributed by atoms with E-state index in [1.807, 2.05) is 12.1 Å². The van der Waals surface area contributed by atoms with Crippen LogP contribution in [0.25, 0.3) is 0 Å². The van der Waals surface area contributed by atoms with Gasteiger partial charge in [-0.1, -0.05) is 18.2 Å². The number of carboxylic acid groups (broad SMARTS) is 1. The van der Waals surface area contributed by atoms with Crippen LogP contribution >= 0.6 is 0 Å². The highest BCUT2D eigenvalue weighted by Gasteiger charge is 2.24. The van der Waals surface area contributed by atoms with E-state index in [4.69, 9.17) is 10.8 Å². The molecule has 1 atom stereocenters. The van der Waals surface area contributed by atoms with Crippen molar-refractivity contribution in [3.05, 3.63) is 59.2 Å². The number of carbonyl (C=O) groups is 2. The second kappa shape index (κ2) is 6.00. The van der Waals surface area contributed by atoms with Crippen molar-refractivity contribution in [2.75, 3.05) is 11.1 Å². The molecule has 118 valence electrons. The van der Waals surface area contributed by atoms with Crippen LogP contribution < -0.4 is 16.4 Å². The predicted molar refractivity (Wildman–Crippen MR) is 87.5 cm³/mol. The number of benzene rings is 2. The van der Waals surface area contributed by atoms with Crippen LogP contribution in [0.2, 0.25) is 0 Å². The Kier molecular flexibility index (Phi) is 3.89. The maximum atomic E-state index is 12.3. The van der Waals surface area contributed by atoms with Gasteiger partial charge in [0.15, 0.2) is 0 Å². The van der Waals surface area contributed by atoms with Crippen molar-refractivity contribution in [1.29, 1.82) is 0 Å². The lowest BCUT2D eigenvalue weighted by atomic mass is 10.0. The molecule has 0 spiro atoms. The molecule has 2 aromatic rings. The molecule has 1 aliphatic carbocycles. The Balaban J connectivity index is 1.79. The van der Waals surface area contributed by atoms with Gasteiger partial charge in [0.2, 0.25) is 0 Å². The number of hydrogen-bond donors (Lipinski definition) is 4. The van der Waals surface area contributed by atoms with Gasteiger partial charge < -0.3 is 21.5 Å². The van der Waals surface area contributed by atoms with Crippen molar-refractivity contribution in [3.8, 4) is 0 Å². The summed E-state index contributed by atoms with van der Waals surface area (Å²) >= 11 is 0. The molecule has 6 heteroatoms. The zero-order valence-electron chi connectivity index (χ0n) is 12.4. The van der Waals surface area contributed by atoms with Crippen LogP contribution in [0.3, 0.4) is 0 Å². The largest absolute Gasteiger partial charge is 0.465 e. The third kappa shape index (κ3) is 3.11. The molecule has 0 heterocycles. The number of fused-ring (bicyclic) bond motifs is 1. The van der Waals surface area contributed by atoms with Crippen LogP contribution in [-0.2, 0) is 6.42 Å². The fourth-order valence-corrected chi connectivity index (χ4v) is 2.86. The molecule has 2 aromatic carbocycles. The number of rotatable bonds is 3. The number of amides is 2. The Morgan fingerprint density at radius 2 is 1.96 bits per heavy atom. The van der Waals surface area contributed by atoms with Gasteiger partial charge in [-0.3, -0.25) is 4.79 Å². The van der Waals surface area contributed by atoms with Gasteiger partial charge in [-0.15, -0.1) is 0 Å². The normalized spacial score (nSPS) is 15.7. The van der Waals surface area contributed by atoms with Gasteiger partial charge in [0, 0.05) is 5.56 Å². The smallest absolute Gasteiger partial charge is 0.405 e. The minimum absolute atomic E-state index is 0.204. The van der Waals surface area contributed by atoms with Crippen molar-refractivity contribution in [1.82, 2.24) is 5.32 Å². The summed E-state index contributed by atoms with van der Waals surface area (Å²) in [5.74, 6) is -0.236. The third-order valence-corrected chi connectivity index (χ3v) is 3.99. The average molecular weight is 311 g/mol. The summed E-state index contributed by atoms with van der Waals surface area (Å²) in [7, 11) is 0. The van der Waals surface area contributed by atoms with Crippen molar-refractivity contribution in [3.63, 3.8) is 0 Å². The van der Waals surface area contributed by atoms with Crippen LogP contribution in [0.5, 0.6) is 0 Å². The Bertz CT molecular complexity index is 773. The standard InChI is InChI=1S/C17H17N3O3/c18-13-3-1-2-4-15(13)19-16(21)11-5-7-12-10(9-11)6-8-14(12)20-17(22)23/h1-5,7,9,14,20H,6,8,18H2,(H,19,21)(H,22,23)/t14-/m0/s1. The fourth-order valence-electron chi connectivity index (χ4n) is 2.86. The van der Waals surface area contributed by atoms with E-state index in [9.17, 15) is 9.59 Å². The molecule has 0 saturated carbocycles. The monoisotopic (exact) mass is 311 g/mol. The van der Waals surface area contributed by atoms with Gasteiger partial charge in [-0.05, 0) is 48.2 Å². The lowest BCUT2D eigenvalue weighted by molar-refractivity contribution is 0.102. The van der Waals surface area contributed by atoms with E-state index in [1.165, 1.54) is 0 Å². The van der Waals surface area contributed by atoms with E-state index >= 15 is 0 Å². The number of nitrogen functional groups attached to an aromatic ring is 1. The molecule has 0 aromatic heterocycles.